The van der Waals surface area contributed by atoms with Crippen LogP contribution in [0.15, 0.2) is 48.5 Å². The lowest BCUT2D eigenvalue weighted by Gasteiger charge is -2.26. The molecule has 1 N–H and O–H groups in total. The highest BCUT2D eigenvalue weighted by Gasteiger charge is 2.26. The van der Waals surface area contributed by atoms with Crippen LogP contribution in [0.4, 0.5) is 11.4 Å². The lowest BCUT2D eigenvalue weighted by Crippen LogP contribution is -2.23. The van der Waals surface area contributed by atoms with Crippen molar-refractivity contribution in [2.75, 3.05) is 16.8 Å². The first-order valence-electron chi connectivity index (χ1n) is 9.98. The molecular formula is C24H28N2OS. The summed E-state index contributed by atoms with van der Waals surface area (Å²) in [5.74, 6) is 0.0842. The Morgan fingerprint density at radius 3 is 2.71 bits per heavy atom. The van der Waals surface area contributed by atoms with Crippen molar-refractivity contribution in [3.8, 4) is 0 Å². The quantitative estimate of drug-likeness (QED) is 0.557. The normalized spacial score (nSPS) is 14.9. The summed E-state index contributed by atoms with van der Waals surface area (Å²) in [4.78, 5) is 16.1. The molecule has 1 atom stereocenters. The van der Waals surface area contributed by atoms with E-state index >= 15 is 0 Å². The first-order valence-corrected chi connectivity index (χ1v) is 10.8. The Morgan fingerprint density at radius 1 is 1.18 bits per heavy atom. The Kier molecular flexibility index (Phi) is 4.92. The first-order chi connectivity index (χ1) is 13.3. The second kappa shape index (κ2) is 7.25. The number of amides is 1. The number of nitrogens with one attached hydrogen (secondary N) is 1. The highest BCUT2D eigenvalue weighted by Crippen LogP contribution is 2.39. The topological polar surface area (TPSA) is 32.3 Å². The van der Waals surface area contributed by atoms with E-state index in [1.165, 1.54) is 26.2 Å². The van der Waals surface area contributed by atoms with Crippen LogP contribution in [0.1, 0.15) is 50.6 Å². The number of fused-ring (bicyclic) bond motifs is 2. The van der Waals surface area contributed by atoms with Crippen LogP contribution < -0.4 is 10.2 Å². The van der Waals surface area contributed by atoms with Crippen molar-refractivity contribution >= 4 is 38.7 Å². The van der Waals surface area contributed by atoms with Crippen molar-refractivity contribution in [3.05, 3.63) is 59.0 Å². The maximum atomic E-state index is 12.3. The fourth-order valence-electron chi connectivity index (χ4n) is 3.96. The Morgan fingerprint density at radius 2 is 1.96 bits per heavy atom. The number of benzene rings is 2. The molecular weight excluding hydrogens is 364 g/mol. The summed E-state index contributed by atoms with van der Waals surface area (Å²) in [6.45, 7) is 9.57. The van der Waals surface area contributed by atoms with Crippen LogP contribution in [0.3, 0.4) is 0 Å². The van der Waals surface area contributed by atoms with Crippen LogP contribution in [0.25, 0.3) is 10.1 Å². The largest absolute Gasteiger partial charge is 0.363 e. The molecule has 0 spiro atoms. The molecule has 1 aliphatic rings. The Labute approximate surface area is 171 Å². The van der Waals surface area contributed by atoms with Gasteiger partial charge in [0, 0.05) is 33.9 Å². The van der Waals surface area contributed by atoms with Gasteiger partial charge in [-0.15, -0.1) is 11.3 Å². The minimum atomic E-state index is -0.00269. The third-order valence-electron chi connectivity index (χ3n) is 5.31. The molecule has 4 heteroatoms. The van der Waals surface area contributed by atoms with E-state index in [2.05, 4.69) is 80.4 Å². The predicted molar refractivity (Wildman–Crippen MR) is 120 cm³/mol. The number of carbonyl (C=O) groups is 1. The summed E-state index contributed by atoms with van der Waals surface area (Å²) in [7, 11) is 0. The molecule has 1 aromatic heterocycles. The van der Waals surface area contributed by atoms with Crippen molar-refractivity contribution < 1.29 is 4.79 Å². The Balaban J connectivity index is 1.52. The van der Waals surface area contributed by atoms with Crippen molar-refractivity contribution in [3.63, 3.8) is 0 Å². The zero-order valence-electron chi connectivity index (χ0n) is 17.1. The van der Waals surface area contributed by atoms with Gasteiger partial charge in [0.25, 0.3) is 0 Å². The number of hydrogen-bond donors (Lipinski definition) is 1. The molecule has 0 fully saturated rings. The number of nitrogens with zero attached hydrogens (tertiary/aromatic N) is 1. The molecule has 0 radical (unpaired) electrons. The molecule has 1 amide bonds. The molecule has 0 saturated carbocycles. The van der Waals surface area contributed by atoms with E-state index in [-0.39, 0.29) is 11.3 Å². The van der Waals surface area contributed by atoms with E-state index in [9.17, 15) is 4.79 Å². The van der Waals surface area contributed by atoms with Gasteiger partial charge >= 0.3 is 0 Å². The van der Waals surface area contributed by atoms with Crippen LogP contribution in [0.5, 0.6) is 0 Å². The first kappa shape index (κ1) is 19.0. The second-order valence-electron chi connectivity index (χ2n) is 8.94. The molecule has 0 saturated heterocycles. The highest BCUT2D eigenvalue weighted by atomic mass is 32.1. The van der Waals surface area contributed by atoms with E-state index in [0.29, 0.717) is 12.5 Å². The highest BCUT2D eigenvalue weighted by molar-refractivity contribution is 7.19. The predicted octanol–water partition coefficient (Wildman–Crippen LogP) is 6.40. The van der Waals surface area contributed by atoms with Gasteiger partial charge in [-0.05, 0) is 60.0 Å². The molecule has 0 bridgehead atoms. The summed E-state index contributed by atoms with van der Waals surface area (Å²) in [5, 5.41) is 4.39. The summed E-state index contributed by atoms with van der Waals surface area (Å²) in [6, 6.07) is 17.6. The zero-order chi connectivity index (χ0) is 19.9. The van der Waals surface area contributed by atoms with Gasteiger partial charge in [0.15, 0.2) is 0 Å². The third kappa shape index (κ3) is 3.93. The minimum Gasteiger partial charge on any atom is -0.363 e. The number of hydrogen-bond acceptors (Lipinski definition) is 3. The Bertz CT molecular complexity index is 982. The maximum Gasteiger partial charge on any atom is 0.224 e. The van der Waals surface area contributed by atoms with Crippen molar-refractivity contribution in [1.29, 1.82) is 0 Å². The van der Waals surface area contributed by atoms with E-state index in [0.717, 1.165) is 18.7 Å². The van der Waals surface area contributed by atoms with Gasteiger partial charge in [-0.25, -0.2) is 0 Å². The van der Waals surface area contributed by atoms with Crippen molar-refractivity contribution in [2.24, 2.45) is 5.41 Å². The molecule has 3 nitrogen and oxygen atoms in total. The summed E-state index contributed by atoms with van der Waals surface area (Å²) < 4.78 is 1.35. The van der Waals surface area contributed by atoms with Gasteiger partial charge in [-0.1, -0.05) is 39.0 Å². The molecule has 1 unspecified atom stereocenters. The van der Waals surface area contributed by atoms with Crippen LogP contribution in [0.2, 0.25) is 0 Å². The SMILES string of the molecule is CC(c1cc2ccccc2s1)N1CCc2cc(NC(=O)CC(C)(C)C)ccc21. The number of carbonyl (C=O) groups excluding carboxylic acids is 1. The molecule has 146 valence electrons. The smallest absolute Gasteiger partial charge is 0.224 e. The van der Waals surface area contributed by atoms with Crippen LogP contribution >= 0.6 is 11.3 Å². The summed E-state index contributed by atoms with van der Waals surface area (Å²) in [5.41, 5.74) is 3.52. The molecule has 4 rings (SSSR count). The third-order valence-corrected chi connectivity index (χ3v) is 6.60. The van der Waals surface area contributed by atoms with Gasteiger partial charge in [0.1, 0.15) is 0 Å². The monoisotopic (exact) mass is 392 g/mol. The summed E-state index contributed by atoms with van der Waals surface area (Å²) in [6.07, 6.45) is 1.55. The second-order valence-corrected chi connectivity index (χ2v) is 10.1. The number of thiophene rings is 1. The Hall–Kier alpha value is -2.33. The molecule has 2 heterocycles. The molecule has 1 aliphatic heterocycles. The van der Waals surface area contributed by atoms with Gasteiger partial charge in [-0.2, -0.15) is 0 Å². The van der Waals surface area contributed by atoms with Gasteiger partial charge < -0.3 is 10.2 Å². The lowest BCUT2D eigenvalue weighted by molar-refractivity contribution is -0.117. The van der Waals surface area contributed by atoms with Gasteiger partial charge in [0.05, 0.1) is 6.04 Å². The van der Waals surface area contributed by atoms with E-state index in [1.54, 1.807) is 0 Å². The lowest BCUT2D eigenvalue weighted by atomic mass is 9.92. The van der Waals surface area contributed by atoms with E-state index in [1.807, 2.05) is 17.4 Å². The molecule has 2 aromatic carbocycles. The fourth-order valence-corrected chi connectivity index (χ4v) is 5.09. The van der Waals surface area contributed by atoms with Crippen molar-refractivity contribution in [1.82, 2.24) is 0 Å². The average molecular weight is 393 g/mol. The average Bonchev–Trinajstić information content (AvgIpc) is 3.23. The van der Waals surface area contributed by atoms with Crippen LogP contribution in [-0.4, -0.2) is 12.5 Å². The van der Waals surface area contributed by atoms with Crippen molar-refractivity contribution in [2.45, 2.75) is 46.6 Å². The molecule has 3 aromatic rings. The number of anilines is 2. The summed E-state index contributed by atoms with van der Waals surface area (Å²) >= 11 is 1.89. The molecule has 28 heavy (non-hydrogen) atoms. The van der Waals surface area contributed by atoms with Crippen LogP contribution in [0, 0.1) is 5.41 Å². The maximum absolute atomic E-state index is 12.3. The van der Waals surface area contributed by atoms with Crippen LogP contribution in [-0.2, 0) is 11.2 Å². The molecule has 0 aliphatic carbocycles. The minimum absolute atomic E-state index is 0.00269. The zero-order valence-corrected chi connectivity index (χ0v) is 17.9. The van der Waals surface area contributed by atoms with Gasteiger partial charge in [0.2, 0.25) is 5.91 Å². The van der Waals surface area contributed by atoms with E-state index < -0.39 is 0 Å². The van der Waals surface area contributed by atoms with Gasteiger partial charge in [-0.3, -0.25) is 4.79 Å². The van der Waals surface area contributed by atoms with E-state index in [4.69, 9.17) is 0 Å². The number of rotatable bonds is 4. The fraction of sp³-hybridized carbons (Fsp3) is 0.375. The standard InChI is InChI=1S/C24H28N2OS/c1-16(22-14-18-7-5-6-8-21(18)28-22)26-12-11-17-13-19(9-10-20(17)26)25-23(27)15-24(2,3)4/h5-10,13-14,16H,11-12,15H2,1-4H3,(H,25,27).